The predicted octanol–water partition coefficient (Wildman–Crippen LogP) is 3.34. The molecular formula is C14H15BrN2O. The number of hydrogen-bond acceptors (Lipinski definition) is 2. The van der Waals surface area contributed by atoms with E-state index < -0.39 is 0 Å². The van der Waals surface area contributed by atoms with Crippen LogP contribution in [0.5, 0.6) is 0 Å². The Morgan fingerprint density at radius 3 is 3.06 bits per heavy atom. The molecule has 94 valence electrons. The van der Waals surface area contributed by atoms with E-state index >= 15 is 0 Å². The number of rotatable bonds is 2. The van der Waals surface area contributed by atoms with Gasteiger partial charge in [-0.3, -0.25) is 4.79 Å². The van der Waals surface area contributed by atoms with Gasteiger partial charge in [0.15, 0.2) is 0 Å². The minimum atomic E-state index is 0.0749. The fourth-order valence-corrected chi connectivity index (χ4v) is 3.13. The molecule has 0 bridgehead atoms. The van der Waals surface area contributed by atoms with Gasteiger partial charge < -0.3 is 0 Å². The molecule has 0 radical (unpaired) electrons. The van der Waals surface area contributed by atoms with Crippen molar-refractivity contribution in [2.75, 3.05) is 0 Å². The van der Waals surface area contributed by atoms with Crippen LogP contribution in [-0.4, -0.2) is 16.6 Å². The molecule has 1 atom stereocenters. The molecule has 1 aliphatic carbocycles. The van der Waals surface area contributed by atoms with E-state index in [4.69, 9.17) is 0 Å². The van der Waals surface area contributed by atoms with Crippen molar-refractivity contribution in [1.29, 1.82) is 0 Å². The number of hydrazone groups is 1. The molecule has 1 fully saturated rings. The van der Waals surface area contributed by atoms with Gasteiger partial charge in [0, 0.05) is 4.47 Å². The Balaban J connectivity index is 1.78. The van der Waals surface area contributed by atoms with E-state index in [2.05, 4.69) is 21.0 Å². The molecule has 2 aliphatic rings. The average molecular weight is 307 g/mol. The number of nitrogens with zero attached hydrogens (tertiary/aromatic N) is 2. The molecular weight excluding hydrogens is 292 g/mol. The molecule has 1 heterocycles. The Hall–Kier alpha value is -1.16. The molecule has 3 rings (SSSR count). The Morgan fingerprint density at radius 2 is 2.28 bits per heavy atom. The summed E-state index contributed by atoms with van der Waals surface area (Å²) >= 11 is 3.45. The standard InChI is InChI=1S/C14H15BrN2O/c15-11-5-3-4-10(8-11)9-17-14(18)12-6-1-2-7-13(12)16-17/h3-5,8,12H,1-2,6-7,9H2. The maximum absolute atomic E-state index is 12.2. The van der Waals surface area contributed by atoms with Crippen molar-refractivity contribution in [3.8, 4) is 0 Å². The van der Waals surface area contributed by atoms with Crippen molar-refractivity contribution in [3.05, 3.63) is 34.3 Å². The van der Waals surface area contributed by atoms with Crippen LogP contribution in [0.4, 0.5) is 0 Å². The lowest BCUT2D eigenvalue weighted by Gasteiger charge is -2.17. The molecule has 3 nitrogen and oxygen atoms in total. The second kappa shape index (κ2) is 4.84. The predicted molar refractivity (Wildman–Crippen MR) is 74.1 cm³/mol. The summed E-state index contributed by atoms with van der Waals surface area (Å²) in [7, 11) is 0. The van der Waals surface area contributed by atoms with E-state index in [0.29, 0.717) is 6.54 Å². The minimum absolute atomic E-state index is 0.0749. The van der Waals surface area contributed by atoms with Crippen LogP contribution >= 0.6 is 15.9 Å². The van der Waals surface area contributed by atoms with E-state index in [9.17, 15) is 4.79 Å². The first kappa shape index (κ1) is 11.9. The van der Waals surface area contributed by atoms with Gasteiger partial charge in [0.1, 0.15) is 0 Å². The van der Waals surface area contributed by atoms with E-state index in [1.165, 1.54) is 6.42 Å². The maximum atomic E-state index is 12.2. The summed E-state index contributed by atoms with van der Waals surface area (Å²) in [5.41, 5.74) is 2.21. The minimum Gasteiger partial charge on any atom is -0.272 e. The summed E-state index contributed by atoms with van der Waals surface area (Å²) < 4.78 is 1.04. The molecule has 0 saturated heterocycles. The largest absolute Gasteiger partial charge is 0.272 e. The van der Waals surface area contributed by atoms with Crippen molar-refractivity contribution in [1.82, 2.24) is 5.01 Å². The van der Waals surface area contributed by atoms with Gasteiger partial charge in [0.2, 0.25) is 0 Å². The number of hydrogen-bond donors (Lipinski definition) is 0. The van der Waals surface area contributed by atoms with Crippen molar-refractivity contribution in [3.63, 3.8) is 0 Å². The molecule has 1 saturated carbocycles. The third-order valence-electron chi connectivity index (χ3n) is 3.60. The van der Waals surface area contributed by atoms with Crippen LogP contribution in [0.3, 0.4) is 0 Å². The highest BCUT2D eigenvalue weighted by molar-refractivity contribution is 9.10. The van der Waals surface area contributed by atoms with E-state index in [1.807, 2.05) is 24.3 Å². The Labute approximate surface area is 115 Å². The summed E-state index contributed by atoms with van der Waals surface area (Å²) in [4.78, 5) is 12.2. The smallest absolute Gasteiger partial charge is 0.251 e. The highest BCUT2D eigenvalue weighted by Gasteiger charge is 2.36. The van der Waals surface area contributed by atoms with Gasteiger partial charge in [0.05, 0.1) is 18.2 Å². The molecule has 0 spiro atoms. The Bertz CT molecular complexity index is 512. The topological polar surface area (TPSA) is 32.7 Å². The third-order valence-corrected chi connectivity index (χ3v) is 4.09. The summed E-state index contributed by atoms with van der Waals surface area (Å²) in [5.74, 6) is 0.260. The van der Waals surface area contributed by atoms with E-state index in [1.54, 1.807) is 5.01 Å². The zero-order valence-electron chi connectivity index (χ0n) is 10.1. The Morgan fingerprint density at radius 1 is 1.39 bits per heavy atom. The van der Waals surface area contributed by atoms with Crippen LogP contribution in [0.15, 0.2) is 33.8 Å². The van der Waals surface area contributed by atoms with Crippen LogP contribution in [0.25, 0.3) is 0 Å². The first-order valence-corrected chi connectivity index (χ1v) is 7.16. The van der Waals surface area contributed by atoms with Crippen LogP contribution < -0.4 is 0 Å². The molecule has 1 aromatic rings. The number of halogens is 1. The van der Waals surface area contributed by atoms with Crippen LogP contribution in [0, 0.1) is 5.92 Å². The van der Waals surface area contributed by atoms with Gasteiger partial charge in [-0.15, -0.1) is 0 Å². The van der Waals surface area contributed by atoms with Crippen LogP contribution in [0.1, 0.15) is 31.2 Å². The van der Waals surface area contributed by atoms with Crippen molar-refractivity contribution >= 4 is 27.5 Å². The van der Waals surface area contributed by atoms with Crippen molar-refractivity contribution in [2.24, 2.45) is 11.0 Å². The van der Waals surface area contributed by atoms with Gasteiger partial charge in [-0.1, -0.05) is 34.5 Å². The molecule has 1 aromatic carbocycles. The molecule has 1 amide bonds. The first-order valence-electron chi connectivity index (χ1n) is 6.37. The zero-order chi connectivity index (χ0) is 12.5. The first-order chi connectivity index (χ1) is 8.74. The van der Waals surface area contributed by atoms with Gasteiger partial charge >= 0.3 is 0 Å². The fourth-order valence-electron chi connectivity index (χ4n) is 2.69. The van der Waals surface area contributed by atoms with Crippen LogP contribution in [-0.2, 0) is 11.3 Å². The molecule has 1 unspecified atom stereocenters. The van der Waals surface area contributed by atoms with E-state index in [0.717, 1.165) is 35.0 Å². The van der Waals surface area contributed by atoms with Gasteiger partial charge in [-0.2, -0.15) is 5.10 Å². The fraction of sp³-hybridized carbons (Fsp3) is 0.429. The average Bonchev–Trinajstić information content (AvgIpc) is 2.67. The van der Waals surface area contributed by atoms with E-state index in [-0.39, 0.29) is 11.8 Å². The number of amides is 1. The maximum Gasteiger partial charge on any atom is 0.251 e. The number of carbonyl (C=O) groups is 1. The van der Waals surface area contributed by atoms with Gasteiger partial charge in [-0.25, -0.2) is 5.01 Å². The number of carbonyl (C=O) groups excluding carboxylic acids is 1. The SMILES string of the molecule is O=C1C2CCCCC2=NN1Cc1cccc(Br)c1. The summed E-state index contributed by atoms with van der Waals surface area (Å²) in [6.07, 6.45) is 4.30. The Kier molecular flexibility index (Phi) is 3.20. The van der Waals surface area contributed by atoms with Crippen molar-refractivity contribution < 1.29 is 4.79 Å². The van der Waals surface area contributed by atoms with Crippen LogP contribution in [0.2, 0.25) is 0 Å². The number of fused-ring (bicyclic) bond motifs is 1. The molecule has 18 heavy (non-hydrogen) atoms. The second-order valence-electron chi connectivity index (χ2n) is 4.92. The van der Waals surface area contributed by atoms with Gasteiger partial charge in [0.25, 0.3) is 5.91 Å². The third kappa shape index (κ3) is 2.21. The quantitative estimate of drug-likeness (QED) is 0.825. The lowest BCUT2D eigenvalue weighted by molar-refractivity contribution is -0.132. The highest BCUT2D eigenvalue weighted by Crippen LogP contribution is 2.30. The second-order valence-corrected chi connectivity index (χ2v) is 5.83. The number of benzene rings is 1. The highest BCUT2D eigenvalue weighted by atomic mass is 79.9. The summed E-state index contributed by atoms with van der Waals surface area (Å²) in [6, 6.07) is 8.04. The van der Waals surface area contributed by atoms with Crippen molar-refractivity contribution in [2.45, 2.75) is 32.2 Å². The lowest BCUT2D eigenvalue weighted by Crippen LogP contribution is -2.28. The lowest BCUT2D eigenvalue weighted by atomic mass is 9.87. The monoisotopic (exact) mass is 306 g/mol. The molecule has 0 N–H and O–H groups in total. The molecule has 0 aromatic heterocycles. The normalized spacial score (nSPS) is 22.9. The van der Waals surface area contributed by atoms with Gasteiger partial charge in [-0.05, 0) is 37.0 Å². The summed E-state index contributed by atoms with van der Waals surface area (Å²) in [5, 5.41) is 6.15. The summed E-state index contributed by atoms with van der Waals surface area (Å²) in [6.45, 7) is 0.582. The molecule has 1 aliphatic heterocycles. The zero-order valence-corrected chi connectivity index (χ0v) is 11.7. The molecule has 4 heteroatoms.